The van der Waals surface area contributed by atoms with Crippen LogP contribution in [0.4, 0.5) is 0 Å². The molecule has 48 nitrogen and oxygen atoms in total. The molecule has 14 aliphatic heterocycles. The first-order chi connectivity index (χ1) is 63.8. The van der Waals surface area contributed by atoms with Gasteiger partial charge in [-0.25, -0.2) is 34.8 Å². The molecule has 14 aliphatic rings. The molecule has 0 radical (unpaired) electrons. The Morgan fingerprint density at radius 1 is 0.328 bits per heavy atom. The third kappa shape index (κ3) is 26.7. The van der Waals surface area contributed by atoms with E-state index < -0.39 is 48.3 Å². The fraction of sp³-hybridized carbons (Fsp3) is 0.779. The summed E-state index contributed by atoms with van der Waals surface area (Å²) in [7, 11) is 14.8. The molecule has 752 valence electrons. The Hall–Kier alpha value is -10.3. The Kier molecular flexibility index (Phi) is 42.0. The van der Waals surface area contributed by atoms with E-state index in [4.69, 9.17) is 18.9 Å². The summed E-state index contributed by atoms with van der Waals surface area (Å²) in [5.74, 6) is -2.73. The molecule has 0 aliphatic carbocycles. The van der Waals surface area contributed by atoms with E-state index in [1.807, 2.05) is 0 Å². The molecule has 0 spiro atoms. The lowest BCUT2D eigenvalue weighted by Crippen LogP contribution is -2.61. The number of likely N-dealkylation sites (N-methyl/N-ethyl adjacent to an activating group) is 7. The summed E-state index contributed by atoms with van der Waals surface area (Å²) in [5, 5.41) is 44.3. The third-order valence-corrected chi connectivity index (χ3v) is 26.3. The Bertz CT molecular complexity index is 3960. The maximum absolute atomic E-state index is 12.8. The number of rotatable bonds is 12. The minimum absolute atomic E-state index is 0.00139. The van der Waals surface area contributed by atoms with Crippen LogP contribution in [0.25, 0.3) is 0 Å². The fourth-order valence-corrected chi connectivity index (χ4v) is 19.2. The van der Waals surface area contributed by atoms with Crippen molar-refractivity contribution in [2.75, 3.05) is 195 Å². The number of carbonyl (C=O) groups excluding carboxylic acids is 19. The Morgan fingerprint density at radius 3 is 1.10 bits per heavy atom. The Labute approximate surface area is 783 Å². The van der Waals surface area contributed by atoms with Crippen LogP contribution in [0.2, 0.25) is 0 Å². The Morgan fingerprint density at radius 2 is 0.664 bits per heavy atom. The molecule has 0 aromatic rings. The molecule has 14 rings (SSSR count). The number of piperidine rings is 1. The average Bonchev–Trinajstić information content (AvgIpc) is 1.57. The van der Waals surface area contributed by atoms with E-state index in [1.165, 1.54) is 99.7 Å². The molecular weight excluding hydrogens is 1750 g/mol. The minimum atomic E-state index is -0.673. The molecule has 0 aromatic carbocycles. The normalized spacial score (nSPS) is 28.3. The van der Waals surface area contributed by atoms with Crippen molar-refractivity contribution in [2.45, 2.75) is 242 Å². The molecule has 17 amide bonds. The van der Waals surface area contributed by atoms with Gasteiger partial charge in [0.15, 0.2) is 11.8 Å². The quantitative estimate of drug-likeness (QED) is 0.0820. The highest BCUT2D eigenvalue weighted by atomic mass is 16.5. The van der Waals surface area contributed by atoms with E-state index in [0.29, 0.717) is 117 Å². The van der Waals surface area contributed by atoms with Crippen molar-refractivity contribution in [3.8, 4) is 0 Å². The van der Waals surface area contributed by atoms with E-state index >= 15 is 0 Å². The van der Waals surface area contributed by atoms with Gasteiger partial charge >= 0.3 is 5.97 Å². The topological polar surface area (TPSA) is 521 Å². The maximum atomic E-state index is 12.8. The highest BCUT2D eigenvalue weighted by molar-refractivity contribution is 5.96. The van der Waals surface area contributed by atoms with E-state index in [1.54, 1.807) is 99.0 Å². The first-order valence-corrected chi connectivity index (χ1v) is 46.6. The number of ketones is 1. The summed E-state index contributed by atoms with van der Waals surface area (Å²) in [6, 6.07) is -5.02. The lowest BCUT2D eigenvalue weighted by Gasteiger charge is -2.43. The number of carbonyl (C=O) groups is 19. The highest BCUT2D eigenvalue weighted by Crippen LogP contribution is 2.32. The summed E-state index contributed by atoms with van der Waals surface area (Å²) >= 11 is 0. The zero-order valence-electron chi connectivity index (χ0n) is 81.0. The zero-order chi connectivity index (χ0) is 98.8. The number of hydrazine groups is 6. The number of methoxy groups -OCH3 is 2. The molecule has 0 aromatic heterocycles. The molecule has 9 unspecified atom stereocenters. The Balaban J connectivity index is 0.000000193. The lowest BCUT2D eigenvalue weighted by molar-refractivity contribution is -0.178. The number of esters is 1. The molecular formula is C86H145N25O23. The molecule has 0 saturated carbocycles. The number of hydrogen-bond acceptors (Lipinski definition) is 31. The van der Waals surface area contributed by atoms with Crippen LogP contribution in [0.5, 0.6) is 0 Å². The fourth-order valence-electron chi connectivity index (χ4n) is 19.2. The van der Waals surface area contributed by atoms with Crippen LogP contribution in [-0.4, -0.2) is 477 Å². The van der Waals surface area contributed by atoms with Gasteiger partial charge in [-0.3, -0.25) is 116 Å². The summed E-state index contributed by atoms with van der Waals surface area (Å²) in [6.45, 7) is 20.0. The second-order valence-electron chi connectivity index (χ2n) is 35.3. The van der Waals surface area contributed by atoms with Gasteiger partial charge in [0.1, 0.15) is 68.2 Å². The largest absolute Gasteiger partial charge is 0.462 e. The van der Waals surface area contributed by atoms with Crippen molar-refractivity contribution in [1.82, 2.24) is 128 Å². The van der Waals surface area contributed by atoms with Gasteiger partial charge in [-0.1, -0.05) is 0 Å². The van der Waals surface area contributed by atoms with Crippen molar-refractivity contribution in [3.63, 3.8) is 0 Å². The van der Waals surface area contributed by atoms with Gasteiger partial charge in [-0.2, -0.15) is 0 Å². The lowest BCUT2D eigenvalue weighted by atomic mass is 9.93. The second-order valence-corrected chi connectivity index (χ2v) is 35.3. The van der Waals surface area contributed by atoms with E-state index in [-0.39, 0.29) is 187 Å². The number of hydrogen-bond donors (Lipinski definition) is 9. The molecule has 9 N–H and O–H groups in total. The minimum Gasteiger partial charge on any atom is -0.462 e. The monoisotopic (exact) mass is 1900 g/mol. The van der Waals surface area contributed by atoms with Crippen molar-refractivity contribution >= 4 is 112 Å². The van der Waals surface area contributed by atoms with Crippen LogP contribution in [0.15, 0.2) is 0 Å². The van der Waals surface area contributed by atoms with E-state index in [2.05, 4.69) is 47.9 Å². The van der Waals surface area contributed by atoms with Gasteiger partial charge in [0.2, 0.25) is 65.0 Å². The van der Waals surface area contributed by atoms with Crippen molar-refractivity contribution in [1.29, 1.82) is 0 Å². The van der Waals surface area contributed by atoms with E-state index in [9.17, 15) is 91.1 Å². The molecule has 14 fully saturated rings. The number of nitrogens with one attached hydrogen (secondary N) is 9. The molecule has 48 heteroatoms. The molecule has 14 heterocycles. The summed E-state index contributed by atoms with van der Waals surface area (Å²) in [5.41, 5.74) is 0. The number of Topliss-reactive ketones (excluding diaryl/α,β-unsaturated/α-hetero) is 1. The number of nitrogens with zero attached hydrogens (tertiary/aromatic N) is 16. The smallest absolute Gasteiger partial charge is 0.331 e. The average molecular weight is 1900 g/mol. The molecule has 0 bridgehead atoms. The highest BCUT2D eigenvalue weighted by Gasteiger charge is 2.51. The predicted octanol–water partition coefficient (Wildman–Crippen LogP) is -6.95. The molecule has 15 atom stereocenters. The van der Waals surface area contributed by atoms with Crippen LogP contribution in [0.1, 0.15) is 152 Å². The van der Waals surface area contributed by atoms with Gasteiger partial charge in [0.25, 0.3) is 35.4 Å². The van der Waals surface area contributed by atoms with Crippen LogP contribution in [0.3, 0.4) is 0 Å². The molecule has 134 heavy (non-hydrogen) atoms. The first-order valence-electron chi connectivity index (χ1n) is 46.6. The number of fused-ring (bicyclic) bond motifs is 7. The predicted molar refractivity (Wildman–Crippen MR) is 479 cm³/mol. The standard InChI is InChI=1S/C15H25N3O4.C14H24N4O4.C13H22N4O3.C11H18N4O3.C11H20N4O2.C11H17N3O4.C11H19N3O3/c1-10(19)13-6-4-5-11-7-17(14(20)9-22-3)8-12(16-2)15(21)18(11)13;1-10(19)17-6-4-5-11-7-16(13(20)9-22-3)8-12(15-2)14(21)18(11)17;1-9(18)15-7-11-5-4-6-16(10(2)19)17(11)13(20)12(8-15)14-3;1-7(16)14-5-3-4-9-10(17)13-6-8(12-2)11(18)15(9)14;1-8(16)14-5-3-4-9-6-13-7-10(12-2)11(17)15(9)14;1-7(15)13-5-3-4-9-11(17)18-6-8(12-2)10(16)14(9)13;1-8(15)13-5-3-4-9-6-17-7-10(12-2)11(16)14(9)13/h11-13,16H,4-9H2,1-3H3;11-12,15H,4-9H2,1-3H3;11-12,14H,4-8H2,1-3H3;8-9,12H,3-6H2,1-2H3,(H,13,17);9-10,12-13H,3-7H2,1-2H3;8-9,12H,3-6H2,1-2H3;9-10,12H,3-7H2,1-2H3/t11?,12?,13-;;11?,12-;8-,9?;9?,10-;8-,9?;9?,10-/m0.00000/s1. The van der Waals surface area contributed by atoms with Crippen LogP contribution >= 0.6 is 0 Å². The number of amides is 17. The number of ether oxygens (including phenoxy) is 4. The summed E-state index contributed by atoms with van der Waals surface area (Å²) in [4.78, 5) is 236. The second kappa shape index (κ2) is 51.6. The number of cyclic esters (lactones) is 1. The van der Waals surface area contributed by atoms with Crippen molar-refractivity contribution < 1.29 is 110 Å². The molecule has 14 saturated heterocycles. The van der Waals surface area contributed by atoms with Crippen molar-refractivity contribution in [2.24, 2.45) is 0 Å². The van der Waals surface area contributed by atoms with Crippen LogP contribution < -0.4 is 47.9 Å². The maximum Gasteiger partial charge on any atom is 0.331 e. The van der Waals surface area contributed by atoms with Gasteiger partial charge in [-0.15, -0.1) is 0 Å². The summed E-state index contributed by atoms with van der Waals surface area (Å²) in [6.07, 6.45) is 12.0. The van der Waals surface area contributed by atoms with Crippen LogP contribution in [-0.2, 0) is 110 Å². The first kappa shape index (κ1) is 109. The van der Waals surface area contributed by atoms with Gasteiger partial charge < -0.3 is 86.4 Å². The summed E-state index contributed by atoms with van der Waals surface area (Å²) < 4.78 is 20.4. The zero-order valence-corrected chi connectivity index (χ0v) is 81.0. The van der Waals surface area contributed by atoms with E-state index in [0.717, 1.165) is 77.2 Å². The van der Waals surface area contributed by atoms with Crippen LogP contribution in [0, 0.1) is 0 Å². The van der Waals surface area contributed by atoms with Gasteiger partial charge in [-0.05, 0) is 153 Å². The SMILES string of the molecule is CNC1CN(C(=O)COC)CC2CCCN(C(C)=O)N2C1=O.CNC1CN(C(=O)COC)CC2CCC[C@@H](C(C)=O)N2C1=O.CN[C@H]1CN(C(C)=O)CC2CCCN(C(C)=O)N2C1=O.CN[C@H]1CNC(=O)C2CCCN(C(C)=O)N2C1=O.CN[C@H]1CNCC2CCCN(C(C)=O)N2C1=O.CN[C@H]1COC(=O)C2CCCN(C(C)=O)N2C1=O.CN[C@H]1COCC2CCCN(C(C)=O)N2C1=O. The van der Waals surface area contributed by atoms with Gasteiger partial charge in [0, 0.05) is 161 Å². The third-order valence-electron chi connectivity index (χ3n) is 26.3. The van der Waals surface area contributed by atoms with Crippen molar-refractivity contribution in [3.05, 3.63) is 0 Å². The van der Waals surface area contributed by atoms with Gasteiger partial charge in [0.05, 0.1) is 49.5 Å².